The summed E-state index contributed by atoms with van der Waals surface area (Å²) in [4.78, 5) is 5.85. The summed E-state index contributed by atoms with van der Waals surface area (Å²) in [5.74, 6) is -0.227. The van der Waals surface area contributed by atoms with Gasteiger partial charge in [-0.05, 0) is 48.7 Å². The van der Waals surface area contributed by atoms with Gasteiger partial charge < -0.3 is 4.98 Å². The topological polar surface area (TPSA) is 42.8 Å². The van der Waals surface area contributed by atoms with Gasteiger partial charge in [-0.25, -0.2) is 4.39 Å². The number of hydrogen-bond donors (Lipinski definition) is 1. The molecule has 132 valence electrons. The smallest absolute Gasteiger partial charge is 0.123 e. The average molecular weight is 347 g/mol. The summed E-state index contributed by atoms with van der Waals surface area (Å²) in [6.45, 7) is 2.82. The zero-order chi connectivity index (χ0) is 17.9. The van der Waals surface area contributed by atoms with Gasteiger partial charge in [0.2, 0.25) is 0 Å². The first-order chi connectivity index (χ1) is 12.7. The van der Waals surface area contributed by atoms with E-state index in [1.807, 2.05) is 36.4 Å². The van der Waals surface area contributed by atoms with Crippen molar-refractivity contribution in [1.82, 2.24) is 9.88 Å². The minimum absolute atomic E-state index is 0.0428. The van der Waals surface area contributed by atoms with E-state index >= 15 is 0 Å². The van der Waals surface area contributed by atoms with Crippen LogP contribution in [0, 0.1) is 17.1 Å². The lowest BCUT2D eigenvalue weighted by Gasteiger charge is -2.27. The summed E-state index contributed by atoms with van der Waals surface area (Å²) in [5.41, 5.74) is 4.58. The second kappa shape index (κ2) is 7.31. The van der Waals surface area contributed by atoms with Gasteiger partial charge in [0, 0.05) is 36.1 Å². The van der Waals surface area contributed by atoms with Crippen LogP contribution in [0.1, 0.15) is 35.6 Å². The zero-order valence-corrected chi connectivity index (χ0v) is 14.7. The van der Waals surface area contributed by atoms with E-state index in [9.17, 15) is 9.65 Å². The van der Waals surface area contributed by atoms with E-state index in [1.54, 1.807) is 6.07 Å². The Labute approximate surface area is 153 Å². The quantitative estimate of drug-likeness (QED) is 0.723. The third-order valence-corrected chi connectivity index (χ3v) is 5.34. The fourth-order valence-electron chi connectivity index (χ4n) is 3.94. The van der Waals surface area contributed by atoms with E-state index in [0.717, 1.165) is 55.4 Å². The Kier molecular flexibility index (Phi) is 4.73. The molecular formula is C22H22FN3. The number of rotatable bonds is 5. The van der Waals surface area contributed by atoms with Crippen molar-refractivity contribution in [2.24, 2.45) is 0 Å². The van der Waals surface area contributed by atoms with Crippen molar-refractivity contribution in [1.29, 1.82) is 5.26 Å². The second-order valence-electron chi connectivity index (χ2n) is 7.03. The molecular weight excluding hydrogens is 325 g/mol. The highest BCUT2D eigenvalue weighted by Crippen LogP contribution is 2.29. The first kappa shape index (κ1) is 16.8. The molecule has 2 aromatic carbocycles. The highest BCUT2D eigenvalue weighted by Gasteiger charge is 2.21. The maximum atomic E-state index is 13.6. The highest BCUT2D eigenvalue weighted by molar-refractivity contribution is 5.84. The molecule has 1 aliphatic heterocycles. The van der Waals surface area contributed by atoms with Crippen molar-refractivity contribution >= 4 is 10.9 Å². The standard InChI is InChI=1S/C22H22FN3/c23-18-8-9-21-19(13-18)20-15-26(12-10-22(20)25-21)11-4-7-17(14-24)16-5-2-1-3-6-16/h1-3,5-6,8-9,13,17,25H,4,7,10-12,15H2. The van der Waals surface area contributed by atoms with Crippen molar-refractivity contribution in [3.05, 3.63) is 71.2 Å². The van der Waals surface area contributed by atoms with Crippen LogP contribution in [0.5, 0.6) is 0 Å². The number of nitrogens with one attached hydrogen (secondary N) is 1. The van der Waals surface area contributed by atoms with Crippen molar-refractivity contribution in [2.75, 3.05) is 13.1 Å². The van der Waals surface area contributed by atoms with Gasteiger partial charge in [0.25, 0.3) is 0 Å². The number of aromatic nitrogens is 1. The Morgan fingerprint density at radius 1 is 1.19 bits per heavy atom. The SMILES string of the molecule is N#CC(CCCN1CCc2[nH]c3ccc(F)cc3c2C1)c1ccccc1. The van der Waals surface area contributed by atoms with E-state index in [1.165, 1.54) is 17.3 Å². The van der Waals surface area contributed by atoms with Gasteiger partial charge in [-0.2, -0.15) is 5.26 Å². The largest absolute Gasteiger partial charge is 0.358 e. The third kappa shape index (κ3) is 3.36. The molecule has 0 fully saturated rings. The molecule has 0 radical (unpaired) electrons. The molecule has 0 saturated carbocycles. The van der Waals surface area contributed by atoms with Gasteiger partial charge in [0.05, 0.1) is 12.0 Å². The van der Waals surface area contributed by atoms with E-state index in [-0.39, 0.29) is 11.7 Å². The lowest BCUT2D eigenvalue weighted by atomic mass is 9.95. The summed E-state index contributed by atoms with van der Waals surface area (Å²) >= 11 is 0. The molecule has 2 heterocycles. The van der Waals surface area contributed by atoms with Crippen molar-refractivity contribution < 1.29 is 4.39 Å². The Morgan fingerprint density at radius 3 is 2.85 bits per heavy atom. The van der Waals surface area contributed by atoms with Gasteiger partial charge in [-0.15, -0.1) is 0 Å². The van der Waals surface area contributed by atoms with Gasteiger partial charge in [-0.3, -0.25) is 4.90 Å². The van der Waals surface area contributed by atoms with Gasteiger partial charge in [-0.1, -0.05) is 30.3 Å². The predicted molar refractivity (Wildman–Crippen MR) is 101 cm³/mol. The Morgan fingerprint density at radius 2 is 2.04 bits per heavy atom. The third-order valence-electron chi connectivity index (χ3n) is 5.34. The van der Waals surface area contributed by atoms with Crippen LogP contribution in [0.15, 0.2) is 48.5 Å². The lowest BCUT2D eigenvalue weighted by molar-refractivity contribution is 0.248. The van der Waals surface area contributed by atoms with Crippen LogP contribution in [-0.2, 0) is 13.0 Å². The van der Waals surface area contributed by atoms with Crippen molar-refractivity contribution in [2.45, 2.75) is 31.7 Å². The molecule has 0 saturated heterocycles. The summed E-state index contributed by atoms with van der Waals surface area (Å²) in [6.07, 6.45) is 2.82. The maximum Gasteiger partial charge on any atom is 0.123 e. The molecule has 1 unspecified atom stereocenters. The summed E-state index contributed by atoms with van der Waals surface area (Å²) in [5, 5.41) is 10.5. The van der Waals surface area contributed by atoms with Crippen LogP contribution in [0.25, 0.3) is 10.9 Å². The maximum absolute atomic E-state index is 13.6. The van der Waals surface area contributed by atoms with Gasteiger partial charge in [0.15, 0.2) is 0 Å². The van der Waals surface area contributed by atoms with E-state index in [0.29, 0.717) is 0 Å². The first-order valence-electron chi connectivity index (χ1n) is 9.20. The fraction of sp³-hybridized carbons (Fsp3) is 0.318. The highest BCUT2D eigenvalue weighted by atomic mass is 19.1. The van der Waals surface area contributed by atoms with E-state index < -0.39 is 0 Å². The summed E-state index contributed by atoms with van der Waals surface area (Å²) in [6, 6.07) is 17.4. The molecule has 1 atom stereocenters. The van der Waals surface area contributed by atoms with E-state index in [2.05, 4.69) is 16.0 Å². The van der Waals surface area contributed by atoms with Crippen LogP contribution in [0.4, 0.5) is 4.39 Å². The number of fused-ring (bicyclic) bond motifs is 3. The zero-order valence-electron chi connectivity index (χ0n) is 14.7. The van der Waals surface area contributed by atoms with Crippen LogP contribution >= 0.6 is 0 Å². The second-order valence-corrected chi connectivity index (χ2v) is 7.03. The number of halogens is 1. The first-order valence-corrected chi connectivity index (χ1v) is 9.20. The molecule has 4 heteroatoms. The number of aromatic amines is 1. The molecule has 26 heavy (non-hydrogen) atoms. The molecule has 4 rings (SSSR count). The average Bonchev–Trinajstić information content (AvgIpc) is 3.03. The minimum Gasteiger partial charge on any atom is -0.358 e. The molecule has 3 nitrogen and oxygen atoms in total. The number of nitrogens with zero attached hydrogens (tertiary/aromatic N) is 2. The normalized spacial score (nSPS) is 15.5. The number of nitriles is 1. The number of benzene rings is 2. The van der Waals surface area contributed by atoms with Crippen LogP contribution in [-0.4, -0.2) is 23.0 Å². The molecule has 3 aromatic rings. The van der Waals surface area contributed by atoms with E-state index in [4.69, 9.17) is 0 Å². The Hall–Kier alpha value is -2.64. The molecule has 0 aliphatic carbocycles. The van der Waals surface area contributed by atoms with Gasteiger partial charge >= 0.3 is 0 Å². The lowest BCUT2D eigenvalue weighted by Crippen LogP contribution is -2.31. The van der Waals surface area contributed by atoms with Crippen molar-refractivity contribution in [3.63, 3.8) is 0 Å². The monoisotopic (exact) mass is 347 g/mol. The molecule has 1 aromatic heterocycles. The molecule has 1 N–H and O–H groups in total. The van der Waals surface area contributed by atoms with Crippen LogP contribution in [0.2, 0.25) is 0 Å². The van der Waals surface area contributed by atoms with Gasteiger partial charge in [0.1, 0.15) is 5.82 Å². The van der Waals surface area contributed by atoms with Crippen LogP contribution in [0.3, 0.4) is 0 Å². The summed E-state index contributed by atoms with van der Waals surface area (Å²) in [7, 11) is 0. The fourth-order valence-corrected chi connectivity index (χ4v) is 3.94. The molecule has 0 bridgehead atoms. The molecule has 0 amide bonds. The Bertz CT molecular complexity index is 939. The number of hydrogen-bond acceptors (Lipinski definition) is 2. The summed E-state index contributed by atoms with van der Waals surface area (Å²) < 4.78 is 13.6. The minimum atomic E-state index is -0.184. The Balaban J connectivity index is 1.39. The molecule has 0 spiro atoms. The molecule has 1 aliphatic rings. The predicted octanol–water partition coefficient (Wildman–Crippen LogP) is 4.75. The van der Waals surface area contributed by atoms with Crippen LogP contribution < -0.4 is 0 Å². The van der Waals surface area contributed by atoms with Crippen molar-refractivity contribution in [3.8, 4) is 6.07 Å². The number of H-pyrrole nitrogens is 1.